The van der Waals surface area contributed by atoms with Gasteiger partial charge in [0.15, 0.2) is 0 Å². The number of piperidine rings is 1. The summed E-state index contributed by atoms with van der Waals surface area (Å²) in [5.74, 6) is -0.560. The summed E-state index contributed by atoms with van der Waals surface area (Å²) < 4.78 is 34.0. The van der Waals surface area contributed by atoms with Gasteiger partial charge in [-0.3, -0.25) is 4.79 Å². The van der Waals surface area contributed by atoms with Crippen molar-refractivity contribution in [3.05, 3.63) is 48.0 Å². The number of nitrogens with zero attached hydrogens (tertiary/aromatic N) is 4. The highest BCUT2D eigenvalue weighted by molar-refractivity contribution is 7.89. The van der Waals surface area contributed by atoms with Crippen molar-refractivity contribution in [2.24, 2.45) is 0 Å². The first-order chi connectivity index (χ1) is 16.9. The minimum Gasteiger partial charge on any atom is -0.462 e. The van der Waals surface area contributed by atoms with E-state index in [0.717, 1.165) is 24.8 Å². The molecule has 0 spiro atoms. The van der Waals surface area contributed by atoms with E-state index in [1.54, 1.807) is 54.1 Å². The summed E-state index contributed by atoms with van der Waals surface area (Å²) in [6.45, 7) is 3.60. The number of fused-ring (bicyclic) bond motifs is 1. The highest BCUT2D eigenvalue weighted by atomic mass is 32.2. The lowest BCUT2D eigenvalue weighted by atomic mass is 10.2. The molecule has 0 radical (unpaired) electrons. The maximum atomic E-state index is 12.9. The van der Waals surface area contributed by atoms with Gasteiger partial charge in [-0.05, 0) is 68.7 Å². The van der Waals surface area contributed by atoms with Crippen molar-refractivity contribution in [2.75, 3.05) is 25.0 Å². The molecule has 186 valence electrons. The second-order valence-electron chi connectivity index (χ2n) is 8.38. The van der Waals surface area contributed by atoms with Crippen molar-refractivity contribution in [3.8, 4) is 0 Å². The highest BCUT2D eigenvalue weighted by Crippen LogP contribution is 2.23. The molecule has 0 bridgehead atoms. The van der Waals surface area contributed by atoms with Crippen molar-refractivity contribution in [1.29, 1.82) is 0 Å². The van der Waals surface area contributed by atoms with Gasteiger partial charge in [-0.2, -0.15) is 4.31 Å². The monoisotopic (exact) mass is 499 g/mol. The van der Waals surface area contributed by atoms with Crippen LogP contribution in [0.25, 0.3) is 11.0 Å². The number of ether oxygens (including phenoxy) is 1. The van der Waals surface area contributed by atoms with E-state index in [9.17, 15) is 18.0 Å². The number of aryl methyl sites for hydroxylation is 1. The molecule has 1 aromatic heterocycles. The third-order valence-electron chi connectivity index (χ3n) is 5.89. The van der Waals surface area contributed by atoms with Crippen LogP contribution in [-0.2, 0) is 26.1 Å². The van der Waals surface area contributed by atoms with Gasteiger partial charge in [-0.15, -0.1) is 5.10 Å². The van der Waals surface area contributed by atoms with E-state index in [1.165, 1.54) is 4.31 Å². The van der Waals surface area contributed by atoms with Gasteiger partial charge >= 0.3 is 5.97 Å². The third-order valence-corrected chi connectivity index (χ3v) is 7.79. The van der Waals surface area contributed by atoms with Crippen LogP contribution in [0.5, 0.6) is 0 Å². The quantitative estimate of drug-likeness (QED) is 0.448. The number of hydrogen-bond acceptors (Lipinski definition) is 7. The number of aromatic nitrogens is 3. The second-order valence-corrected chi connectivity index (χ2v) is 10.3. The van der Waals surface area contributed by atoms with Crippen LogP contribution in [0, 0.1) is 0 Å². The summed E-state index contributed by atoms with van der Waals surface area (Å²) in [7, 11) is -3.54. The Morgan fingerprint density at radius 3 is 2.51 bits per heavy atom. The number of carbonyl (C=O) groups excluding carboxylic acids is 2. The fourth-order valence-electron chi connectivity index (χ4n) is 4.05. The van der Waals surface area contributed by atoms with Crippen LogP contribution < -0.4 is 5.32 Å². The Morgan fingerprint density at radius 2 is 1.80 bits per heavy atom. The summed E-state index contributed by atoms with van der Waals surface area (Å²) >= 11 is 0. The Bertz CT molecular complexity index is 1300. The van der Waals surface area contributed by atoms with Crippen LogP contribution in [0.15, 0.2) is 47.4 Å². The molecule has 0 unspecified atom stereocenters. The number of benzene rings is 2. The maximum absolute atomic E-state index is 12.9. The van der Waals surface area contributed by atoms with Crippen LogP contribution in [-0.4, -0.2) is 59.3 Å². The molecule has 11 heteroatoms. The molecule has 2 aromatic carbocycles. The Morgan fingerprint density at radius 1 is 1.06 bits per heavy atom. The van der Waals surface area contributed by atoms with E-state index in [-0.39, 0.29) is 17.2 Å². The zero-order valence-corrected chi connectivity index (χ0v) is 20.5. The summed E-state index contributed by atoms with van der Waals surface area (Å²) in [6.07, 6.45) is 3.61. The molecule has 10 nitrogen and oxygen atoms in total. The fraction of sp³-hybridized carbons (Fsp3) is 0.417. The average Bonchev–Trinajstić information content (AvgIpc) is 3.27. The Kier molecular flexibility index (Phi) is 7.76. The number of carbonyl (C=O) groups is 2. The molecule has 0 atom stereocenters. The molecular weight excluding hydrogens is 470 g/mol. The SMILES string of the molecule is CCOC(=O)c1ccc(NC(=O)CCCn2nnc3cc(S(=O)(=O)N4CCCCC4)ccc32)cc1. The predicted molar refractivity (Wildman–Crippen MR) is 130 cm³/mol. The first-order valence-electron chi connectivity index (χ1n) is 11.8. The number of sulfonamides is 1. The number of nitrogens with one attached hydrogen (secondary N) is 1. The van der Waals surface area contributed by atoms with Crippen molar-refractivity contribution in [2.45, 2.75) is 50.5 Å². The number of hydrogen-bond donors (Lipinski definition) is 1. The van der Waals surface area contributed by atoms with Crippen molar-refractivity contribution in [3.63, 3.8) is 0 Å². The van der Waals surface area contributed by atoms with Gasteiger partial charge in [0.25, 0.3) is 0 Å². The van der Waals surface area contributed by atoms with Crippen LogP contribution in [0.3, 0.4) is 0 Å². The molecule has 1 aliphatic heterocycles. The Labute approximate surface area is 204 Å². The fourth-order valence-corrected chi connectivity index (χ4v) is 5.59. The minimum absolute atomic E-state index is 0.159. The standard InChI is InChI=1S/C24H29N5O5S/c1-2-34-24(31)18-8-10-19(11-9-18)25-23(30)7-6-16-29-22-13-12-20(17-21(22)26-27-29)35(32,33)28-14-4-3-5-15-28/h8-13,17H,2-7,14-16H2,1H3,(H,25,30). The molecule has 1 N–H and O–H groups in total. The minimum atomic E-state index is -3.54. The topological polar surface area (TPSA) is 123 Å². The smallest absolute Gasteiger partial charge is 0.338 e. The van der Waals surface area contributed by atoms with Gasteiger partial charge in [-0.25, -0.2) is 17.9 Å². The molecule has 4 rings (SSSR count). The summed E-state index contributed by atoms with van der Waals surface area (Å²) in [4.78, 5) is 24.3. The number of amides is 1. The molecule has 1 saturated heterocycles. The molecule has 35 heavy (non-hydrogen) atoms. The molecule has 1 amide bonds. The zero-order valence-electron chi connectivity index (χ0n) is 19.6. The van der Waals surface area contributed by atoms with Gasteiger partial charge in [0, 0.05) is 31.7 Å². The van der Waals surface area contributed by atoms with E-state index in [0.29, 0.717) is 49.4 Å². The lowest BCUT2D eigenvalue weighted by Crippen LogP contribution is -2.35. The average molecular weight is 500 g/mol. The van der Waals surface area contributed by atoms with Gasteiger partial charge in [0.2, 0.25) is 15.9 Å². The molecule has 1 aliphatic rings. The first-order valence-corrected chi connectivity index (χ1v) is 13.2. The van der Waals surface area contributed by atoms with Crippen LogP contribution in [0.2, 0.25) is 0 Å². The van der Waals surface area contributed by atoms with E-state index >= 15 is 0 Å². The first kappa shape index (κ1) is 24.8. The van der Waals surface area contributed by atoms with Gasteiger partial charge in [0.1, 0.15) is 5.52 Å². The molecule has 3 aromatic rings. The van der Waals surface area contributed by atoms with E-state index in [4.69, 9.17) is 4.74 Å². The molecule has 1 fully saturated rings. The second kappa shape index (κ2) is 11.0. The third kappa shape index (κ3) is 5.85. The lowest BCUT2D eigenvalue weighted by Gasteiger charge is -2.25. The summed E-state index contributed by atoms with van der Waals surface area (Å²) in [5, 5.41) is 11.1. The van der Waals surface area contributed by atoms with Crippen molar-refractivity contribution >= 4 is 38.6 Å². The largest absolute Gasteiger partial charge is 0.462 e. The van der Waals surface area contributed by atoms with Crippen LogP contribution in [0.4, 0.5) is 5.69 Å². The van der Waals surface area contributed by atoms with Crippen molar-refractivity contribution < 1.29 is 22.7 Å². The molecular formula is C24H29N5O5S. The summed E-state index contributed by atoms with van der Waals surface area (Å²) in [5.41, 5.74) is 2.25. The van der Waals surface area contributed by atoms with Crippen LogP contribution >= 0.6 is 0 Å². The van der Waals surface area contributed by atoms with Crippen LogP contribution in [0.1, 0.15) is 49.4 Å². The van der Waals surface area contributed by atoms with Crippen molar-refractivity contribution in [1.82, 2.24) is 19.3 Å². The molecule has 0 saturated carbocycles. The number of rotatable bonds is 9. The van der Waals surface area contributed by atoms with E-state index in [2.05, 4.69) is 15.6 Å². The zero-order chi connectivity index (χ0) is 24.8. The predicted octanol–water partition coefficient (Wildman–Crippen LogP) is 3.20. The number of esters is 1. The normalized spacial score (nSPS) is 14.7. The highest BCUT2D eigenvalue weighted by Gasteiger charge is 2.26. The number of anilines is 1. The van der Waals surface area contributed by atoms with Gasteiger partial charge < -0.3 is 10.1 Å². The lowest BCUT2D eigenvalue weighted by molar-refractivity contribution is -0.116. The summed E-state index contributed by atoms with van der Waals surface area (Å²) in [6, 6.07) is 11.4. The van der Waals surface area contributed by atoms with Gasteiger partial charge in [-0.1, -0.05) is 11.6 Å². The van der Waals surface area contributed by atoms with E-state index < -0.39 is 16.0 Å². The van der Waals surface area contributed by atoms with E-state index in [1.807, 2.05) is 0 Å². The maximum Gasteiger partial charge on any atom is 0.338 e. The Balaban J connectivity index is 1.32. The molecule has 2 heterocycles. The van der Waals surface area contributed by atoms with Gasteiger partial charge in [0.05, 0.1) is 22.6 Å². The Hall–Kier alpha value is -3.31. The molecule has 0 aliphatic carbocycles.